The van der Waals surface area contributed by atoms with Crippen LogP contribution in [-0.4, -0.2) is 11.2 Å². The zero-order valence-electron chi connectivity index (χ0n) is 10.4. The molecule has 3 nitrogen and oxygen atoms in total. The van der Waals surface area contributed by atoms with E-state index >= 15 is 0 Å². The van der Waals surface area contributed by atoms with Crippen LogP contribution in [0, 0.1) is 5.92 Å². The first-order valence-electron chi connectivity index (χ1n) is 6.93. The normalized spacial score (nSPS) is 27.9. The highest BCUT2D eigenvalue weighted by Crippen LogP contribution is 2.39. The summed E-state index contributed by atoms with van der Waals surface area (Å²) in [6.07, 6.45) is 11.9. The molecule has 0 aliphatic heterocycles. The van der Waals surface area contributed by atoms with Crippen molar-refractivity contribution in [1.29, 1.82) is 0 Å². The summed E-state index contributed by atoms with van der Waals surface area (Å²) in [6, 6.07) is 0. The minimum absolute atomic E-state index is 0.312. The topological polar surface area (TPSA) is 78.1 Å². The Labute approximate surface area is 99.1 Å². The molecule has 0 aromatic heterocycles. The minimum atomic E-state index is -0.645. The molecule has 0 radical (unpaired) electrons. The number of hydrogen-bond donors (Lipinski definition) is 3. The van der Waals surface area contributed by atoms with Gasteiger partial charge in [0.25, 0.3) is 0 Å². The average Bonchev–Trinajstić information content (AvgIpc) is 2.31. The number of hydrogen-bond acceptors (Lipinski definition) is 3. The fourth-order valence-electron chi connectivity index (χ4n) is 3.60. The second kappa shape index (κ2) is 4.63. The third-order valence-electron chi connectivity index (χ3n) is 4.89. The fourth-order valence-corrected chi connectivity index (χ4v) is 3.60. The molecule has 0 saturated heterocycles. The molecule has 0 amide bonds. The van der Waals surface area contributed by atoms with Gasteiger partial charge in [-0.25, -0.2) is 0 Å². The van der Waals surface area contributed by atoms with Crippen molar-refractivity contribution in [2.45, 2.75) is 75.4 Å². The molecule has 0 atom stereocenters. The van der Waals surface area contributed by atoms with Gasteiger partial charge in [-0.05, 0) is 31.6 Å². The van der Waals surface area contributed by atoms with Crippen molar-refractivity contribution in [2.24, 2.45) is 23.1 Å². The van der Waals surface area contributed by atoms with Crippen LogP contribution < -0.4 is 17.2 Å². The van der Waals surface area contributed by atoms with Gasteiger partial charge in [0.1, 0.15) is 0 Å². The van der Waals surface area contributed by atoms with Crippen molar-refractivity contribution in [3.8, 4) is 0 Å². The molecule has 0 aromatic rings. The molecule has 94 valence electrons. The van der Waals surface area contributed by atoms with Crippen LogP contribution in [0.25, 0.3) is 0 Å². The Morgan fingerprint density at radius 1 is 0.812 bits per heavy atom. The Bertz CT molecular complexity index is 225. The Morgan fingerprint density at radius 2 is 1.31 bits per heavy atom. The standard InChI is InChI=1S/C13H27N3/c14-12(9-5-2-6-10-12)13(15,16)11-7-3-1-4-8-11/h11H,1-10,14-16H2. The molecule has 0 unspecified atom stereocenters. The van der Waals surface area contributed by atoms with Crippen LogP contribution in [0.1, 0.15) is 64.2 Å². The van der Waals surface area contributed by atoms with Gasteiger partial charge in [0.15, 0.2) is 0 Å². The van der Waals surface area contributed by atoms with Gasteiger partial charge >= 0.3 is 0 Å². The van der Waals surface area contributed by atoms with Crippen LogP contribution in [0.3, 0.4) is 0 Å². The predicted octanol–water partition coefficient (Wildman–Crippen LogP) is 1.84. The smallest absolute Gasteiger partial charge is 0.0850 e. The second-order valence-corrected chi connectivity index (χ2v) is 5.98. The summed E-state index contributed by atoms with van der Waals surface area (Å²) in [5.41, 5.74) is 18.5. The quantitative estimate of drug-likeness (QED) is 0.627. The van der Waals surface area contributed by atoms with Crippen LogP contribution in [0.4, 0.5) is 0 Å². The van der Waals surface area contributed by atoms with E-state index in [9.17, 15) is 0 Å². The summed E-state index contributed by atoms with van der Waals surface area (Å²) in [4.78, 5) is 0. The molecule has 0 aromatic carbocycles. The molecule has 3 heteroatoms. The van der Waals surface area contributed by atoms with Crippen LogP contribution in [-0.2, 0) is 0 Å². The van der Waals surface area contributed by atoms with Crippen molar-refractivity contribution in [3.63, 3.8) is 0 Å². The number of rotatable bonds is 2. The summed E-state index contributed by atoms with van der Waals surface area (Å²) in [7, 11) is 0. The maximum absolute atomic E-state index is 6.52. The van der Waals surface area contributed by atoms with Crippen LogP contribution in [0.15, 0.2) is 0 Å². The van der Waals surface area contributed by atoms with Gasteiger partial charge in [-0.1, -0.05) is 38.5 Å². The largest absolute Gasteiger partial charge is 0.322 e. The summed E-state index contributed by atoms with van der Waals surface area (Å²) in [6.45, 7) is 0. The molecule has 2 aliphatic rings. The lowest BCUT2D eigenvalue weighted by Gasteiger charge is -2.51. The summed E-state index contributed by atoms with van der Waals surface area (Å²) in [5.74, 6) is 0.435. The monoisotopic (exact) mass is 225 g/mol. The highest BCUT2D eigenvalue weighted by Gasteiger charge is 2.48. The Kier molecular flexibility index (Phi) is 3.57. The lowest BCUT2D eigenvalue weighted by atomic mass is 9.65. The third kappa shape index (κ3) is 2.13. The van der Waals surface area contributed by atoms with Gasteiger partial charge in [0, 0.05) is 5.54 Å². The summed E-state index contributed by atoms with van der Waals surface area (Å²) in [5, 5.41) is 0. The van der Waals surface area contributed by atoms with Crippen molar-refractivity contribution < 1.29 is 0 Å². The van der Waals surface area contributed by atoms with Gasteiger partial charge < -0.3 is 17.2 Å². The first-order valence-corrected chi connectivity index (χ1v) is 6.93. The lowest BCUT2D eigenvalue weighted by Crippen LogP contribution is -2.75. The molecule has 2 aliphatic carbocycles. The molecule has 0 bridgehead atoms. The van der Waals surface area contributed by atoms with Crippen LogP contribution in [0.5, 0.6) is 0 Å². The van der Waals surface area contributed by atoms with E-state index in [1.54, 1.807) is 0 Å². The van der Waals surface area contributed by atoms with E-state index in [1.807, 2.05) is 0 Å². The van der Waals surface area contributed by atoms with E-state index in [4.69, 9.17) is 17.2 Å². The Morgan fingerprint density at radius 3 is 1.88 bits per heavy atom. The van der Waals surface area contributed by atoms with Crippen LogP contribution >= 0.6 is 0 Å². The van der Waals surface area contributed by atoms with Crippen LogP contribution in [0.2, 0.25) is 0 Å². The van der Waals surface area contributed by atoms with Gasteiger partial charge in [0.05, 0.1) is 5.66 Å². The highest BCUT2D eigenvalue weighted by atomic mass is 15.1. The molecule has 16 heavy (non-hydrogen) atoms. The summed E-state index contributed by atoms with van der Waals surface area (Å²) < 4.78 is 0. The van der Waals surface area contributed by atoms with E-state index in [0.717, 1.165) is 12.8 Å². The molecule has 0 heterocycles. The first kappa shape index (κ1) is 12.3. The maximum atomic E-state index is 6.52. The molecule has 0 spiro atoms. The van der Waals surface area contributed by atoms with Gasteiger partial charge in [-0.3, -0.25) is 0 Å². The molecule has 2 saturated carbocycles. The van der Waals surface area contributed by atoms with Crippen molar-refractivity contribution >= 4 is 0 Å². The second-order valence-electron chi connectivity index (χ2n) is 5.98. The zero-order valence-corrected chi connectivity index (χ0v) is 10.4. The third-order valence-corrected chi connectivity index (χ3v) is 4.89. The molecular weight excluding hydrogens is 198 g/mol. The lowest BCUT2D eigenvalue weighted by molar-refractivity contribution is 0.0819. The Hall–Kier alpha value is -0.120. The van der Waals surface area contributed by atoms with E-state index in [0.29, 0.717) is 5.92 Å². The first-order chi connectivity index (χ1) is 7.56. The predicted molar refractivity (Wildman–Crippen MR) is 67.7 cm³/mol. The molecule has 6 N–H and O–H groups in total. The zero-order chi connectivity index (χ0) is 11.6. The van der Waals surface area contributed by atoms with E-state index < -0.39 is 5.66 Å². The van der Waals surface area contributed by atoms with Gasteiger partial charge in [0.2, 0.25) is 0 Å². The van der Waals surface area contributed by atoms with Gasteiger partial charge in [-0.15, -0.1) is 0 Å². The van der Waals surface area contributed by atoms with E-state index in [2.05, 4.69) is 0 Å². The molecule has 2 rings (SSSR count). The fraction of sp³-hybridized carbons (Fsp3) is 1.00. The highest BCUT2D eigenvalue weighted by molar-refractivity contribution is 5.08. The van der Waals surface area contributed by atoms with E-state index in [-0.39, 0.29) is 5.54 Å². The van der Waals surface area contributed by atoms with E-state index in [1.165, 1.54) is 51.4 Å². The Balaban J connectivity index is 2.08. The number of nitrogens with two attached hydrogens (primary N) is 3. The minimum Gasteiger partial charge on any atom is -0.322 e. The molecular formula is C13H27N3. The summed E-state index contributed by atoms with van der Waals surface area (Å²) >= 11 is 0. The molecule has 2 fully saturated rings. The average molecular weight is 225 g/mol. The van der Waals surface area contributed by atoms with Crippen molar-refractivity contribution in [3.05, 3.63) is 0 Å². The SMILES string of the molecule is NC1(C(N)(N)C2CCCCC2)CCCCC1. The maximum Gasteiger partial charge on any atom is 0.0850 e. The van der Waals surface area contributed by atoms with Crippen molar-refractivity contribution in [2.75, 3.05) is 0 Å². The van der Waals surface area contributed by atoms with Crippen molar-refractivity contribution in [1.82, 2.24) is 0 Å². The van der Waals surface area contributed by atoms with Gasteiger partial charge in [-0.2, -0.15) is 0 Å².